The topological polar surface area (TPSA) is 71.7 Å². The van der Waals surface area contributed by atoms with Gasteiger partial charge in [-0.3, -0.25) is 14.7 Å². The molecule has 28 heavy (non-hydrogen) atoms. The van der Waals surface area contributed by atoms with Crippen LogP contribution >= 0.6 is 0 Å². The lowest BCUT2D eigenvalue weighted by atomic mass is 10.00. The predicted octanol–water partition coefficient (Wildman–Crippen LogP) is 2.17. The van der Waals surface area contributed by atoms with E-state index < -0.39 is 0 Å². The van der Waals surface area contributed by atoms with Crippen LogP contribution in [0.5, 0.6) is 0 Å². The van der Waals surface area contributed by atoms with Crippen molar-refractivity contribution >= 4 is 5.91 Å². The largest absolute Gasteiger partial charge is 0.380 e. The molecule has 4 heterocycles. The van der Waals surface area contributed by atoms with Crippen LogP contribution in [0.1, 0.15) is 34.7 Å². The Morgan fingerprint density at radius 2 is 2.00 bits per heavy atom. The van der Waals surface area contributed by atoms with E-state index in [1.807, 2.05) is 17.9 Å². The third-order valence-electron chi connectivity index (χ3n) is 6.05. The summed E-state index contributed by atoms with van der Waals surface area (Å²) in [5.41, 5.74) is 1.64. The van der Waals surface area contributed by atoms with Crippen LogP contribution in [-0.2, 0) is 11.2 Å². The first-order valence-electron chi connectivity index (χ1n) is 10.0. The maximum atomic E-state index is 12.6. The lowest BCUT2D eigenvalue weighted by Gasteiger charge is -2.36. The van der Waals surface area contributed by atoms with Crippen molar-refractivity contribution in [2.75, 3.05) is 33.3 Å². The van der Waals surface area contributed by atoms with Gasteiger partial charge in [-0.2, -0.15) is 0 Å². The molecule has 2 aliphatic rings. The molecule has 1 amide bonds. The fraction of sp³-hybridized carbons (Fsp3) is 0.571. The monoisotopic (exact) mass is 384 g/mol. The Morgan fingerprint density at radius 3 is 2.64 bits per heavy atom. The summed E-state index contributed by atoms with van der Waals surface area (Å²) in [5.74, 6) is 1.45. The molecule has 0 unspecified atom stereocenters. The van der Waals surface area contributed by atoms with Crippen LogP contribution in [0.4, 0.5) is 0 Å². The number of pyridine rings is 1. The molecule has 0 aromatic carbocycles. The van der Waals surface area contributed by atoms with Gasteiger partial charge in [-0.15, -0.1) is 0 Å². The Morgan fingerprint density at radius 1 is 1.25 bits per heavy atom. The number of nitrogens with zero attached hydrogens (tertiary/aromatic N) is 4. The van der Waals surface area contributed by atoms with Crippen molar-refractivity contribution in [3.8, 4) is 0 Å². The Hall–Kier alpha value is -2.25. The van der Waals surface area contributed by atoms with Crippen molar-refractivity contribution in [3.63, 3.8) is 0 Å². The number of rotatable bonds is 5. The minimum atomic E-state index is 0.107. The molecule has 7 nitrogen and oxygen atoms in total. The molecule has 0 N–H and O–H groups in total. The fourth-order valence-corrected chi connectivity index (χ4v) is 4.52. The molecule has 150 valence electrons. The standard InChI is InChI=1S/C21H28N4O3/c1-15-11-19(28-23-15)12-17-13-25(14-20(17)27-2)18-5-9-24(10-6-18)21(26)16-3-7-22-8-4-16/h3-4,7-8,11,17-18,20H,5-6,9-10,12-14H2,1-2H3/t17-,20+/m1/s1. The first kappa shape index (κ1) is 19.1. The average Bonchev–Trinajstić information content (AvgIpc) is 3.34. The summed E-state index contributed by atoms with van der Waals surface area (Å²) in [6.07, 6.45) is 6.41. The van der Waals surface area contributed by atoms with Crippen molar-refractivity contribution in [1.82, 2.24) is 19.9 Å². The maximum Gasteiger partial charge on any atom is 0.253 e. The molecular formula is C21H28N4O3. The fourth-order valence-electron chi connectivity index (χ4n) is 4.52. The molecule has 2 saturated heterocycles. The molecule has 2 aliphatic heterocycles. The molecule has 7 heteroatoms. The van der Waals surface area contributed by atoms with E-state index in [0.29, 0.717) is 12.0 Å². The van der Waals surface area contributed by atoms with E-state index in [1.54, 1.807) is 31.6 Å². The van der Waals surface area contributed by atoms with Crippen molar-refractivity contribution in [2.24, 2.45) is 5.92 Å². The van der Waals surface area contributed by atoms with E-state index in [0.717, 1.165) is 62.5 Å². The smallest absolute Gasteiger partial charge is 0.253 e. The predicted molar refractivity (Wildman–Crippen MR) is 104 cm³/mol. The van der Waals surface area contributed by atoms with Crippen molar-refractivity contribution in [2.45, 2.75) is 38.3 Å². The third kappa shape index (κ3) is 4.10. The van der Waals surface area contributed by atoms with Gasteiger partial charge in [0, 0.05) is 75.7 Å². The Labute approximate surface area is 165 Å². The van der Waals surface area contributed by atoms with Gasteiger partial charge in [0.25, 0.3) is 5.91 Å². The molecule has 2 aromatic heterocycles. The van der Waals surface area contributed by atoms with Gasteiger partial charge < -0.3 is 14.2 Å². The van der Waals surface area contributed by atoms with Crippen LogP contribution < -0.4 is 0 Å². The molecule has 2 fully saturated rings. The van der Waals surface area contributed by atoms with Gasteiger partial charge >= 0.3 is 0 Å². The Bertz CT molecular complexity index is 786. The quantitative estimate of drug-likeness (QED) is 0.787. The van der Waals surface area contributed by atoms with Gasteiger partial charge in [0.1, 0.15) is 5.76 Å². The molecule has 0 saturated carbocycles. The minimum absolute atomic E-state index is 0.107. The third-order valence-corrected chi connectivity index (χ3v) is 6.05. The maximum absolute atomic E-state index is 12.6. The normalized spacial score (nSPS) is 24.0. The van der Waals surface area contributed by atoms with Gasteiger partial charge in [0.05, 0.1) is 11.8 Å². The van der Waals surface area contributed by atoms with E-state index in [4.69, 9.17) is 9.26 Å². The lowest BCUT2D eigenvalue weighted by Crippen LogP contribution is -2.46. The number of methoxy groups -OCH3 is 1. The number of aromatic nitrogens is 2. The van der Waals surface area contributed by atoms with E-state index in [2.05, 4.69) is 15.0 Å². The zero-order valence-electron chi connectivity index (χ0n) is 16.6. The molecule has 0 radical (unpaired) electrons. The molecule has 4 rings (SSSR count). The van der Waals surface area contributed by atoms with Crippen LogP contribution in [0.3, 0.4) is 0 Å². The molecule has 2 aromatic rings. The summed E-state index contributed by atoms with van der Waals surface area (Å²) in [6, 6.07) is 6.08. The minimum Gasteiger partial charge on any atom is -0.380 e. The molecule has 2 atom stereocenters. The van der Waals surface area contributed by atoms with Crippen LogP contribution in [0.25, 0.3) is 0 Å². The number of carbonyl (C=O) groups is 1. The molecule has 0 bridgehead atoms. The zero-order chi connectivity index (χ0) is 19.5. The molecule has 0 aliphatic carbocycles. The number of hydrogen-bond acceptors (Lipinski definition) is 6. The van der Waals surface area contributed by atoms with Crippen molar-refractivity contribution in [1.29, 1.82) is 0 Å². The van der Waals surface area contributed by atoms with Crippen LogP contribution in [0.2, 0.25) is 0 Å². The van der Waals surface area contributed by atoms with Crippen LogP contribution in [0.15, 0.2) is 35.1 Å². The van der Waals surface area contributed by atoms with Crippen LogP contribution in [0, 0.1) is 12.8 Å². The highest BCUT2D eigenvalue weighted by Gasteiger charge is 2.38. The van der Waals surface area contributed by atoms with E-state index in [1.165, 1.54) is 0 Å². The second-order valence-electron chi connectivity index (χ2n) is 7.89. The van der Waals surface area contributed by atoms with Crippen LogP contribution in [-0.4, -0.2) is 71.3 Å². The second-order valence-corrected chi connectivity index (χ2v) is 7.89. The second kappa shape index (κ2) is 8.41. The summed E-state index contributed by atoms with van der Waals surface area (Å²) in [6.45, 7) is 5.49. The first-order chi connectivity index (χ1) is 13.6. The molecule has 0 spiro atoms. The number of aryl methyl sites for hydroxylation is 1. The number of carbonyl (C=O) groups excluding carboxylic acids is 1. The number of ether oxygens (including phenoxy) is 1. The summed E-state index contributed by atoms with van der Waals surface area (Å²) >= 11 is 0. The Balaban J connectivity index is 1.32. The van der Waals surface area contributed by atoms with Gasteiger partial charge in [-0.05, 0) is 31.9 Å². The van der Waals surface area contributed by atoms with Gasteiger partial charge in [0.2, 0.25) is 0 Å². The highest BCUT2D eigenvalue weighted by atomic mass is 16.5. The summed E-state index contributed by atoms with van der Waals surface area (Å²) < 4.78 is 11.2. The van der Waals surface area contributed by atoms with E-state index in [9.17, 15) is 4.79 Å². The highest BCUT2D eigenvalue weighted by Crippen LogP contribution is 2.29. The molecular weight excluding hydrogens is 356 g/mol. The van der Waals surface area contributed by atoms with Gasteiger partial charge in [-0.25, -0.2) is 0 Å². The average molecular weight is 384 g/mol. The zero-order valence-corrected chi connectivity index (χ0v) is 16.6. The SMILES string of the molecule is CO[C@H]1CN(C2CCN(C(=O)c3ccncc3)CC2)C[C@H]1Cc1cc(C)no1. The van der Waals surface area contributed by atoms with Gasteiger partial charge in [-0.1, -0.05) is 5.16 Å². The number of amides is 1. The van der Waals surface area contributed by atoms with Crippen molar-refractivity contribution < 1.29 is 14.1 Å². The lowest BCUT2D eigenvalue weighted by molar-refractivity contribution is 0.0582. The van der Waals surface area contributed by atoms with Gasteiger partial charge in [0.15, 0.2) is 0 Å². The van der Waals surface area contributed by atoms with E-state index in [-0.39, 0.29) is 12.0 Å². The van der Waals surface area contributed by atoms with E-state index >= 15 is 0 Å². The van der Waals surface area contributed by atoms with Crippen molar-refractivity contribution in [3.05, 3.63) is 47.6 Å². The number of hydrogen-bond donors (Lipinski definition) is 0. The summed E-state index contributed by atoms with van der Waals surface area (Å²) in [5, 5.41) is 4.00. The number of piperidine rings is 1. The summed E-state index contributed by atoms with van der Waals surface area (Å²) in [7, 11) is 1.79. The number of likely N-dealkylation sites (tertiary alicyclic amines) is 2. The first-order valence-corrected chi connectivity index (χ1v) is 10.0. The Kier molecular flexibility index (Phi) is 5.73. The highest BCUT2D eigenvalue weighted by molar-refractivity contribution is 5.94. The summed E-state index contributed by atoms with van der Waals surface area (Å²) in [4.78, 5) is 21.1.